The number of hydrogen-bond donors (Lipinski definition) is 1. The highest BCUT2D eigenvalue weighted by molar-refractivity contribution is 5.60. The minimum atomic E-state index is -0.210. The molecule has 2 rings (SSSR count). The largest absolute Gasteiger partial charge is 0.303 e. The number of aldehydes is 1. The fraction of sp³-hybridized carbons (Fsp3) is 0.273. The first kappa shape index (κ1) is 9.34. The second kappa shape index (κ2) is 3.88. The topological polar surface area (TPSA) is 29.1 Å². The van der Waals surface area contributed by atoms with Crippen molar-refractivity contribution in [1.29, 1.82) is 0 Å². The van der Waals surface area contributed by atoms with Crippen LogP contribution in [0.15, 0.2) is 24.3 Å². The number of carbonyl (C=O) groups excluding carboxylic acids is 1. The van der Waals surface area contributed by atoms with E-state index >= 15 is 0 Å². The Morgan fingerprint density at radius 1 is 1.36 bits per heavy atom. The van der Waals surface area contributed by atoms with Crippen molar-refractivity contribution in [3.63, 3.8) is 0 Å². The van der Waals surface area contributed by atoms with Gasteiger partial charge in [0.15, 0.2) is 0 Å². The Hall–Kier alpha value is -1.22. The number of halogens is 1. The lowest BCUT2D eigenvalue weighted by Gasteiger charge is -1.99. The van der Waals surface area contributed by atoms with Gasteiger partial charge in [0.05, 0.1) is 6.54 Å². The third-order valence-corrected chi connectivity index (χ3v) is 2.47. The highest BCUT2D eigenvalue weighted by atomic mass is 19.1. The quantitative estimate of drug-likeness (QED) is 0.734. The lowest BCUT2D eigenvalue weighted by Crippen LogP contribution is -2.14. The van der Waals surface area contributed by atoms with E-state index in [0.717, 1.165) is 18.3 Å². The van der Waals surface area contributed by atoms with Crippen molar-refractivity contribution >= 4 is 6.29 Å². The molecule has 1 saturated carbocycles. The molecule has 1 N–H and O–H groups in total. The molecule has 0 aliphatic heterocycles. The zero-order valence-corrected chi connectivity index (χ0v) is 7.61. The van der Waals surface area contributed by atoms with Gasteiger partial charge in [0.25, 0.3) is 0 Å². The Kier molecular flexibility index (Phi) is 2.59. The molecule has 1 aromatic rings. The van der Waals surface area contributed by atoms with E-state index < -0.39 is 0 Å². The summed E-state index contributed by atoms with van der Waals surface area (Å²) >= 11 is 0. The first-order valence-corrected chi connectivity index (χ1v) is 4.60. The first-order chi connectivity index (χ1) is 6.81. The molecular weight excluding hydrogens is 181 g/mol. The Bertz CT molecular complexity index is 323. The van der Waals surface area contributed by atoms with Crippen LogP contribution in [0.1, 0.15) is 17.9 Å². The van der Waals surface area contributed by atoms with E-state index in [-0.39, 0.29) is 5.82 Å². The smallest absolute Gasteiger partial charge is 0.138 e. The van der Waals surface area contributed by atoms with Crippen molar-refractivity contribution in [2.24, 2.45) is 0 Å². The SMILES string of the molecule is O=C[CH]NC1CC1c1ccc(F)cc1. The van der Waals surface area contributed by atoms with Crippen LogP contribution in [0.5, 0.6) is 0 Å². The molecule has 0 aromatic heterocycles. The molecule has 0 bridgehead atoms. The first-order valence-electron chi connectivity index (χ1n) is 4.60. The molecular formula is C11H11FNO. The summed E-state index contributed by atoms with van der Waals surface area (Å²) in [4.78, 5) is 10.1. The van der Waals surface area contributed by atoms with Crippen molar-refractivity contribution in [2.45, 2.75) is 18.4 Å². The van der Waals surface area contributed by atoms with Crippen molar-refractivity contribution in [1.82, 2.24) is 5.32 Å². The number of carbonyl (C=O) groups is 1. The number of benzene rings is 1. The summed E-state index contributed by atoms with van der Waals surface area (Å²) < 4.78 is 12.6. The van der Waals surface area contributed by atoms with Gasteiger partial charge in [0, 0.05) is 12.0 Å². The van der Waals surface area contributed by atoms with E-state index in [4.69, 9.17) is 0 Å². The Labute approximate surface area is 82.1 Å². The van der Waals surface area contributed by atoms with Crippen LogP contribution in [0.3, 0.4) is 0 Å². The monoisotopic (exact) mass is 192 g/mol. The maximum Gasteiger partial charge on any atom is 0.138 e. The maximum atomic E-state index is 12.6. The van der Waals surface area contributed by atoms with Crippen LogP contribution >= 0.6 is 0 Å². The molecule has 0 spiro atoms. The summed E-state index contributed by atoms with van der Waals surface area (Å²) in [5.41, 5.74) is 1.13. The molecule has 1 aliphatic rings. The second-order valence-corrected chi connectivity index (χ2v) is 3.47. The molecule has 1 radical (unpaired) electrons. The molecule has 0 saturated heterocycles. The zero-order chi connectivity index (χ0) is 9.97. The molecule has 1 aromatic carbocycles. The lowest BCUT2D eigenvalue weighted by molar-refractivity contribution is -0.105. The van der Waals surface area contributed by atoms with Gasteiger partial charge in [-0.1, -0.05) is 12.1 Å². The van der Waals surface area contributed by atoms with Gasteiger partial charge in [0.2, 0.25) is 0 Å². The number of nitrogens with one attached hydrogen (secondary N) is 1. The summed E-state index contributed by atoms with van der Waals surface area (Å²) in [6.07, 6.45) is 1.75. The fourth-order valence-corrected chi connectivity index (χ4v) is 1.62. The van der Waals surface area contributed by atoms with E-state index in [2.05, 4.69) is 5.32 Å². The van der Waals surface area contributed by atoms with Crippen LogP contribution < -0.4 is 5.32 Å². The molecule has 1 fully saturated rings. The van der Waals surface area contributed by atoms with Gasteiger partial charge < -0.3 is 10.1 Å². The van der Waals surface area contributed by atoms with Crippen LogP contribution in [-0.2, 0) is 4.79 Å². The molecule has 2 atom stereocenters. The number of hydrogen-bond acceptors (Lipinski definition) is 2. The fourth-order valence-electron chi connectivity index (χ4n) is 1.62. The van der Waals surface area contributed by atoms with E-state index in [1.54, 1.807) is 12.1 Å². The lowest BCUT2D eigenvalue weighted by atomic mass is 10.1. The molecule has 0 heterocycles. The Balaban J connectivity index is 1.92. The van der Waals surface area contributed by atoms with Crippen molar-refractivity contribution in [3.8, 4) is 0 Å². The van der Waals surface area contributed by atoms with Gasteiger partial charge in [-0.05, 0) is 24.1 Å². The minimum Gasteiger partial charge on any atom is -0.303 e. The average molecular weight is 192 g/mol. The molecule has 1 aliphatic carbocycles. The van der Waals surface area contributed by atoms with E-state index in [0.29, 0.717) is 12.0 Å². The van der Waals surface area contributed by atoms with Crippen LogP contribution in [0.2, 0.25) is 0 Å². The van der Waals surface area contributed by atoms with Crippen LogP contribution in [0.4, 0.5) is 4.39 Å². The van der Waals surface area contributed by atoms with E-state index in [1.807, 2.05) is 0 Å². The highest BCUT2D eigenvalue weighted by Gasteiger charge is 2.37. The molecule has 0 amide bonds. The van der Waals surface area contributed by atoms with Crippen molar-refractivity contribution in [3.05, 3.63) is 42.2 Å². The average Bonchev–Trinajstić information content (AvgIpc) is 2.95. The molecule has 14 heavy (non-hydrogen) atoms. The van der Waals surface area contributed by atoms with Gasteiger partial charge >= 0.3 is 0 Å². The standard InChI is InChI=1S/C11H11FNO/c12-9-3-1-8(2-4-9)10-7-11(10)13-5-6-14/h1-6,10-11,13H,7H2. The van der Waals surface area contributed by atoms with Crippen molar-refractivity contribution < 1.29 is 9.18 Å². The van der Waals surface area contributed by atoms with E-state index in [1.165, 1.54) is 18.7 Å². The second-order valence-electron chi connectivity index (χ2n) is 3.47. The molecule has 2 nitrogen and oxygen atoms in total. The third-order valence-electron chi connectivity index (χ3n) is 2.47. The highest BCUT2D eigenvalue weighted by Crippen LogP contribution is 2.40. The normalized spacial score (nSPS) is 24.6. The van der Waals surface area contributed by atoms with Gasteiger partial charge in [-0.2, -0.15) is 0 Å². The van der Waals surface area contributed by atoms with Gasteiger partial charge in [0.1, 0.15) is 12.1 Å². The summed E-state index contributed by atoms with van der Waals surface area (Å²) in [5, 5.41) is 2.98. The van der Waals surface area contributed by atoms with E-state index in [9.17, 15) is 9.18 Å². The Morgan fingerprint density at radius 2 is 2.07 bits per heavy atom. The van der Waals surface area contributed by atoms with Crippen LogP contribution in [-0.4, -0.2) is 12.3 Å². The van der Waals surface area contributed by atoms with Crippen molar-refractivity contribution in [2.75, 3.05) is 0 Å². The minimum absolute atomic E-state index is 0.210. The molecule has 2 unspecified atom stereocenters. The summed E-state index contributed by atoms with van der Waals surface area (Å²) in [7, 11) is 0. The number of rotatable bonds is 4. The summed E-state index contributed by atoms with van der Waals surface area (Å²) in [6.45, 7) is 1.41. The van der Waals surface area contributed by atoms with Gasteiger partial charge in [-0.25, -0.2) is 4.39 Å². The molecule has 73 valence electrons. The third kappa shape index (κ3) is 1.99. The maximum absolute atomic E-state index is 12.6. The predicted molar refractivity (Wildman–Crippen MR) is 51.0 cm³/mol. The Morgan fingerprint density at radius 3 is 2.71 bits per heavy atom. The zero-order valence-electron chi connectivity index (χ0n) is 7.61. The van der Waals surface area contributed by atoms with Crippen LogP contribution in [0, 0.1) is 12.4 Å². The summed E-state index contributed by atoms with van der Waals surface area (Å²) in [5.74, 6) is 0.213. The van der Waals surface area contributed by atoms with Crippen LogP contribution in [0.25, 0.3) is 0 Å². The van der Waals surface area contributed by atoms with Gasteiger partial charge in [-0.3, -0.25) is 0 Å². The van der Waals surface area contributed by atoms with Gasteiger partial charge in [-0.15, -0.1) is 0 Å². The summed E-state index contributed by atoms with van der Waals surface area (Å²) in [6, 6.07) is 6.86. The predicted octanol–water partition coefficient (Wildman–Crippen LogP) is 1.63. The molecule has 3 heteroatoms.